The van der Waals surface area contributed by atoms with Crippen molar-refractivity contribution < 1.29 is 38.0 Å². The summed E-state index contributed by atoms with van der Waals surface area (Å²) < 4.78 is 34.0. The summed E-state index contributed by atoms with van der Waals surface area (Å²) in [4.78, 5) is 24.8. The van der Waals surface area contributed by atoms with E-state index in [4.69, 9.17) is 28.4 Å². The quantitative estimate of drug-likeness (QED) is 0.176. The second kappa shape index (κ2) is 15.2. The van der Waals surface area contributed by atoms with Gasteiger partial charge in [0.15, 0.2) is 12.2 Å². The van der Waals surface area contributed by atoms with E-state index in [1.54, 1.807) is 12.2 Å². The Hall–Kier alpha value is -3.62. The molecule has 214 valence electrons. The fraction of sp³-hybridized carbons (Fsp3) is 0.438. The maximum atomic E-state index is 12.4. The van der Waals surface area contributed by atoms with Gasteiger partial charge in [0.1, 0.15) is 23.7 Å². The van der Waals surface area contributed by atoms with E-state index in [1.165, 1.54) is 12.2 Å². The van der Waals surface area contributed by atoms with Gasteiger partial charge in [-0.1, -0.05) is 51.0 Å². The highest BCUT2D eigenvalue weighted by atomic mass is 16.7. The molecule has 0 saturated carbocycles. The molecule has 2 aromatic carbocycles. The largest absolute Gasteiger partial charge is 0.494 e. The minimum Gasteiger partial charge on any atom is -0.494 e. The Labute approximate surface area is 235 Å². The molecule has 4 atom stereocenters. The van der Waals surface area contributed by atoms with E-state index in [9.17, 15) is 9.59 Å². The monoisotopic (exact) mass is 550 g/mol. The van der Waals surface area contributed by atoms with Crippen molar-refractivity contribution in [3.63, 3.8) is 0 Å². The van der Waals surface area contributed by atoms with Crippen LogP contribution in [0.2, 0.25) is 0 Å². The Morgan fingerprint density at radius 1 is 0.700 bits per heavy atom. The summed E-state index contributed by atoms with van der Waals surface area (Å²) in [5, 5.41) is 0. The lowest BCUT2D eigenvalue weighted by molar-refractivity contribution is -0.149. The molecule has 2 unspecified atom stereocenters. The van der Waals surface area contributed by atoms with Crippen LogP contribution in [0.15, 0.2) is 60.7 Å². The summed E-state index contributed by atoms with van der Waals surface area (Å²) in [5.74, 6) is 0.610. The van der Waals surface area contributed by atoms with E-state index in [0.29, 0.717) is 13.2 Å². The number of ether oxygens (including phenoxy) is 6. The second-order valence-electron chi connectivity index (χ2n) is 9.76. The highest BCUT2D eigenvalue weighted by Crippen LogP contribution is 2.31. The van der Waals surface area contributed by atoms with Crippen LogP contribution in [0.1, 0.15) is 50.7 Å². The highest BCUT2D eigenvalue weighted by Gasteiger charge is 2.51. The number of esters is 2. The molecule has 4 rings (SSSR count). The van der Waals surface area contributed by atoms with Gasteiger partial charge in [0.2, 0.25) is 0 Å². The van der Waals surface area contributed by atoms with Crippen LogP contribution in [0.5, 0.6) is 11.5 Å². The molecule has 2 aliphatic heterocycles. The van der Waals surface area contributed by atoms with E-state index >= 15 is 0 Å². The SMILES string of the molecule is CCCCOc1ccc(/C=C/C(=O)OC2CO[C@@H]3C(OC(=O)/C=C/c4ccc(OCCCC)cc4)CO[C@H]23)cc1. The molecule has 0 amide bonds. The highest BCUT2D eigenvalue weighted by molar-refractivity contribution is 5.87. The van der Waals surface area contributed by atoms with Crippen LogP contribution in [-0.2, 0) is 28.5 Å². The lowest BCUT2D eigenvalue weighted by Gasteiger charge is -2.16. The predicted octanol–water partition coefficient (Wildman–Crippen LogP) is 5.39. The zero-order valence-electron chi connectivity index (χ0n) is 23.2. The van der Waals surface area contributed by atoms with Gasteiger partial charge in [-0.25, -0.2) is 9.59 Å². The van der Waals surface area contributed by atoms with Gasteiger partial charge in [0, 0.05) is 12.2 Å². The molecule has 2 saturated heterocycles. The molecule has 0 radical (unpaired) electrons. The summed E-state index contributed by atoms with van der Waals surface area (Å²) in [6.45, 7) is 5.96. The molecule has 0 N–H and O–H groups in total. The predicted molar refractivity (Wildman–Crippen MR) is 151 cm³/mol. The second-order valence-corrected chi connectivity index (χ2v) is 9.76. The molecule has 8 nitrogen and oxygen atoms in total. The average molecular weight is 551 g/mol. The summed E-state index contributed by atoms with van der Waals surface area (Å²) in [6, 6.07) is 15.0. The number of benzene rings is 2. The van der Waals surface area contributed by atoms with Crippen molar-refractivity contribution in [2.24, 2.45) is 0 Å². The molecule has 2 aromatic rings. The average Bonchev–Trinajstić information content (AvgIpc) is 3.55. The fourth-order valence-electron chi connectivity index (χ4n) is 4.36. The van der Waals surface area contributed by atoms with E-state index in [0.717, 1.165) is 48.3 Å². The van der Waals surface area contributed by atoms with Gasteiger partial charge in [-0.3, -0.25) is 0 Å². The smallest absolute Gasteiger partial charge is 0.331 e. The molecule has 2 heterocycles. The van der Waals surface area contributed by atoms with Crippen molar-refractivity contribution in [2.45, 2.75) is 63.9 Å². The Morgan fingerprint density at radius 3 is 1.48 bits per heavy atom. The number of rotatable bonds is 14. The zero-order chi connectivity index (χ0) is 28.2. The van der Waals surface area contributed by atoms with Crippen molar-refractivity contribution in [3.05, 3.63) is 71.8 Å². The van der Waals surface area contributed by atoms with E-state index in [2.05, 4.69) is 13.8 Å². The third kappa shape index (κ3) is 8.69. The van der Waals surface area contributed by atoms with Crippen molar-refractivity contribution in [2.75, 3.05) is 26.4 Å². The summed E-state index contributed by atoms with van der Waals surface area (Å²) in [7, 11) is 0. The van der Waals surface area contributed by atoms with Gasteiger partial charge < -0.3 is 28.4 Å². The Bertz CT molecular complexity index is 1050. The third-order valence-electron chi connectivity index (χ3n) is 6.61. The standard InChI is InChI=1S/C32H38O8/c1-3-5-19-35-25-13-7-23(8-14-25)11-17-29(33)39-27-21-37-32-28(22-38-31(27)32)40-30(34)18-12-24-9-15-26(16-10-24)36-20-6-4-2/h7-18,27-28,31-32H,3-6,19-22H2,1-2H3/b17-11+,18-12+/t27?,28?,31-,32-/m1/s1. The van der Waals surface area contributed by atoms with Crippen LogP contribution in [0.4, 0.5) is 0 Å². The topological polar surface area (TPSA) is 89.5 Å². The summed E-state index contributed by atoms with van der Waals surface area (Å²) in [6.07, 6.45) is 8.18. The van der Waals surface area contributed by atoms with Crippen molar-refractivity contribution in [3.8, 4) is 11.5 Å². The molecule has 2 fully saturated rings. The number of hydrogen-bond acceptors (Lipinski definition) is 8. The van der Waals surface area contributed by atoms with Gasteiger partial charge in [-0.15, -0.1) is 0 Å². The van der Waals surface area contributed by atoms with Crippen LogP contribution in [0.25, 0.3) is 12.2 Å². The molecule has 40 heavy (non-hydrogen) atoms. The summed E-state index contributed by atoms with van der Waals surface area (Å²) >= 11 is 0. The third-order valence-corrected chi connectivity index (χ3v) is 6.61. The number of unbranched alkanes of at least 4 members (excludes halogenated alkanes) is 2. The normalized spacial score (nSPS) is 21.9. The van der Waals surface area contributed by atoms with Crippen molar-refractivity contribution >= 4 is 24.1 Å². The van der Waals surface area contributed by atoms with E-state index in [-0.39, 0.29) is 13.2 Å². The minimum absolute atomic E-state index is 0.176. The molecular weight excluding hydrogens is 512 g/mol. The first-order chi connectivity index (χ1) is 19.6. The molecule has 0 aromatic heterocycles. The van der Waals surface area contributed by atoms with Crippen molar-refractivity contribution in [1.29, 1.82) is 0 Å². The van der Waals surface area contributed by atoms with Gasteiger partial charge in [0.05, 0.1) is 26.4 Å². The number of carbonyl (C=O) groups is 2. The van der Waals surface area contributed by atoms with Crippen LogP contribution >= 0.6 is 0 Å². The number of carbonyl (C=O) groups excluding carboxylic acids is 2. The van der Waals surface area contributed by atoms with Gasteiger partial charge in [0.25, 0.3) is 0 Å². The number of fused-ring (bicyclic) bond motifs is 1. The Morgan fingerprint density at radius 2 is 1.10 bits per heavy atom. The molecular formula is C32H38O8. The van der Waals surface area contributed by atoms with E-state index in [1.807, 2.05) is 48.5 Å². The lowest BCUT2D eigenvalue weighted by atomic mass is 10.1. The molecule has 0 spiro atoms. The van der Waals surface area contributed by atoms with Gasteiger partial charge in [-0.2, -0.15) is 0 Å². The first-order valence-electron chi connectivity index (χ1n) is 14.0. The maximum Gasteiger partial charge on any atom is 0.331 e. The van der Waals surface area contributed by atoms with E-state index < -0.39 is 36.4 Å². The molecule has 8 heteroatoms. The van der Waals surface area contributed by atoms with Crippen LogP contribution in [0, 0.1) is 0 Å². The minimum atomic E-state index is -0.575. The molecule has 0 bridgehead atoms. The Kier molecular flexibility index (Phi) is 11.2. The number of hydrogen-bond donors (Lipinski definition) is 0. The van der Waals surface area contributed by atoms with Gasteiger partial charge in [-0.05, 0) is 60.4 Å². The zero-order valence-corrected chi connectivity index (χ0v) is 23.2. The van der Waals surface area contributed by atoms with Crippen LogP contribution in [0.3, 0.4) is 0 Å². The molecule has 0 aliphatic carbocycles. The fourth-order valence-corrected chi connectivity index (χ4v) is 4.36. The first kappa shape index (κ1) is 29.4. The van der Waals surface area contributed by atoms with Crippen molar-refractivity contribution in [1.82, 2.24) is 0 Å². The Balaban J connectivity index is 1.20. The molecule has 2 aliphatic rings. The lowest BCUT2D eigenvalue weighted by Crippen LogP contribution is -2.35. The summed E-state index contributed by atoms with van der Waals surface area (Å²) in [5.41, 5.74) is 1.71. The first-order valence-corrected chi connectivity index (χ1v) is 14.0. The van der Waals surface area contributed by atoms with Crippen LogP contribution in [-0.4, -0.2) is 62.8 Å². The maximum absolute atomic E-state index is 12.4. The van der Waals surface area contributed by atoms with Crippen LogP contribution < -0.4 is 9.47 Å². The van der Waals surface area contributed by atoms with Gasteiger partial charge >= 0.3 is 11.9 Å².